The summed E-state index contributed by atoms with van der Waals surface area (Å²) in [5.41, 5.74) is 0. The molecule has 0 aromatic heterocycles. The van der Waals surface area contributed by atoms with Crippen LogP contribution in [0.25, 0.3) is 0 Å². The van der Waals surface area contributed by atoms with Gasteiger partial charge in [0.05, 0.1) is 6.54 Å². The zero-order valence-electron chi connectivity index (χ0n) is 11.8. The molecule has 0 aromatic rings. The van der Waals surface area contributed by atoms with Crippen LogP contribution in [0.5, 0.6) is 0 Å². The lowest BCUT2D eigenvalue weighted by Crippen LogP contribution is -2.42. The van der Waals surface area contributed by atoms with E-state index in [1.807, 2.05) is 4.90 Å². The molecule has 3 nitrogen and oxygen atoms in total. The third-order valence-electron chi connectivity index (χ3n) is 4.46. The number of piperidine rings is 1. The van der Waals surface area contributed by atoms with Crippen molar-refractivity contribution in [3.05, 3.63) is 0 Å². The highest BCUT2D eigenvalue weighted by atomic mass is 16.2. The summed E-state index contributed by atoms with van der Waals surface area (Å²) in [6.07, 6.45) is 9.10. The Morgan fingerprint density at radius 3 is 2.67 bits per heavy atom. The van der Waals surface area contributed by atoms with Crippen LogP contribution in [0, 0.1) is 11.8 Å². The maximum atomic E-state index is 12.0. The second-order valence-corrected chi connectivity index (χ2v) is 6.21. The zero-order chi connectivity index (χ0) is 12.8. The van der Waals surface area contributed by atoms with Crippen LogP contribution in [-0.4, -0.2) is 37.0 Å². The molecule has 0 bridgehead atoms. The van der Waals surface area contributed by atoms with Crippen molar-refractivity contribution in [2.45, 2.75) is 51.9 Å². The van der Waals surface area contributed by atoms with E-state index in [2.05, 4.69) is 12.2 Å². The molecule has 1 saturated carbocycles. The van der Waals surface area contributed by atoms with Gasteiger partial charge in [-0.05, 0) is 50.5 Å². The maximum absolute atomic E-state index is 12.0. The molecule has 2 fully saturated rings. The molecular formula is C15H28N2O. The summed E-state index contributed by atoms with van der Waals surface area (Å²) in [4.78, 5) is 14.0. The highest BCUT2D eigenvalue weighted by Crippen LogP contribution is 2.27. The topological polar surface area (TPSA) is 32.3 Å². The molecule has 3 heteroatoms. The summed E-state index contributed by atoms with van der Waals surface area (Å²) in [6.45, 7) is 5.88. The van der Waals surface area contributed by atoms with E-state index in [0.29, 0.717) is 12.5 Å². The minimum Gasteiger partial charge on any atom is -0.342 e. The Bertz CT molecular complexity index is 261. The van der Waals surface area contributed by atoms with Gasteiger partial charge in [-0.15, -0.1) is 0 Å². The summed E-state index contributed by atoms with van der Waals surface area (Å²) >= 11 is 0. The Kier molecular flexibility index (Phi) is 5.48. The van der Waals surface area contributed by atoms with Crippen LogP contribution < -0.4 is 5.32 Å². The third-order valence-corrected chi connectivity index (χ3v) is 4.46. The molecule has 2 unspecified atom stereocenters. The quantitative estimate of drug-likeness (QED) is 0.833. The number of nitrogens with zero attached hydrogens (tertiary/aromatic N) is 1. The number of likely N-dealkylation sites (tertiary alicyclic amines) is 1. The molecule has 2 aliphatic rings. The minimum atomic E-state index is 0.304. The molecule has 1 saturated heterocycles. The SMILES string of the molecule is CC1CCCC(CNCC(=O)N2CCCCC2)C1. The Labute approximate surface area is 111 Å². The van der Waals surface area contributed by atoms with Crippen LogP contribution in [0.15, 0.2) is 0 Å². The largest absolute Gasteiger partial charge is 0.342 e. The predicted molar refractivity (Wildman–Crippen MR) is 74.4 cm³/mol. The van der Waals surface area contributed by atoms with Crippen molar-refractivity contribution in [3.8, 4) is 0 Å². The van der Waals surface area contributed by atoms with E-state index >= 15 is 0 Å². The normalized spacial score (nSPS) is 29.3. The molecule has 0 radical (unpaired) electrons. The average Bonchev–Trinajstić information content (AvgIpc) is 2.40. The van der Waals surface area contributed by atoms with Gasteiger partial charge in [0.15, 0.2) is 0 Å². The fourth-order valence-corrected chi connectivity index (χ4v) is 3.38. The number of hydrogen-bond donors (Lipinski definition) is 1. The molecule has 1 amide bonds. The van der Waals surface area contributed by atoms with E-state index in [-0.39, 0.29) is 0 Å². The standard InChI is InChI=1S/C15H28N2O/c1-13-6-5-7-14(10-13)11-16-12-15(18)17-8-3-2-4-9-17/h13-14,16H,2-12H2,1H3. The Balaban J connectivity index is 1.60. The second kappa shape index (κ2) is 7.13. The van der Waals surface area contributed by atoms with E-state index in [1.54, 1.807) is 0 Å². The van der Waals surface area contributed by atoms with Crippen LogP contribution in [0.1, 0.15) is 51.9 Å². The van der Waals surface area contributed by atoms with Gasteiger partial charge in [-0.3, -0.25) is 4.79 Å². The molecule has 104 valence electrons. The Morgan fingerprint density at radius 1 is 1.17 bits per heavy atom. The van der Waals surface area contributed by atoms with Gasteiger partial charge in [-0.1, -0.05) is 19.8 Å². The van der Waals surface area contributed by atoms with E-state index < -0.39 is 0 Å². The molecule has 2 atom stereocenters. The first-order valence-corrected chi connectivity index (χ1v) is 7.74. The van der Waals surface area contributed by atoms with Crippen molar-refractivity contribution in [2.75, 3.05) is 26.2 Å². The highest BCUT2D eigenvalue weighted by molar-refractivity contribution is 5.78. The third kappa shape index (κ3) is 4.27. The molecule has 1 heterocycles. The van der Waals surface area contributed by atoms with Crippen LogP contribution >= 0.6 is 0 Å². The zero-order valence-corrected chi connectivity index (χ0v) is 11.8. The Morgan fingerprint density at radius 2 is 1.94 bits per heavy atom. The lowest BCUT2D eigenvalue weighted by atomic mass is 9.82. The van der Waals surface area contributed by atoms with Crippen molar-refractivity contribution >= 4 is 5.91 Å². The lowest BCUT2D eigenvalue weighted by Gasteiger charge is -2.29. The number of rotatable bonds is 4. The monoisotopic (exact) mass is 252 g/mol. The molecule has 0 spiro atoms. The molecule has 1 N–H and O–H groups in total. The first-order chi connectivity index (χ1) is 8.75. The van der Waals surface area contributed by atoms with Crippen LogP contribution in [0.4, 0.5) is 0 Å². The van der Waals surface area contributed by atoms with E-state index in [1.165, 1.54) is 44.9 Å². The van der Waals surface area contributed by atoms with Gasteiger partial charge in [-0.25, -0.2) is 0 Å². The minimum absolute atomic E-state index is 0.304. The molecule has 1 aliphatic carbocycles. The van der Waals surface area contributed by atoms with Crippen molar-refractivity contribution in [1.29, 1.82) is 0 Å². The van der Waals surface area contributed by atoms with E-state index in [4.69, 9.17) is 0 Å². The summed E-state index contributed by atoms with van der Waals surface area (Å²) in [5, 5.41) is 3.38. The van der Waals surface area contributed by atoms with E-state index in [0.717, 1.165) is 31.5 Å². The number of hydrogen-bond acceptors (Lipinski definition) is 2. The number of nitrogens with one attached hydrogen (secondary N) is 1. The maximum Gasteiger partial charge on any atom is 0.236 e. The van der Waals surface area contributed by atoms with E-state index in [9.17, 15) is 4.79 Å². The van der Waals surface area contributed by atoms with Crippen LogP contribution in [0.3, 0.4) is 0 Å². The molecule has 2 rings (SSSR count). The number of carbonyl (C=O) groups is 1. The fourth-order valence-electron chi connectivity index (χ4n) is 3.38. The molecular weight excluding hydrogens is 224 g/mol. The average molecular weight is 252 g/mol. The van der Waals surface area contributed by atoms with Crippen molar-refractivity contribution in [3.63, 3.8) is 0 Å². The first kappa shape index (κ1) is 13.9. The van der Waals surface area contributed by atoms with Crippen LogP contribution in [-0.2, 0) is 4.79 Å². The van der Waals surface area contributed by atoms with Crippen molar-refractivity contribution < 1.29 is 4.79 Å². The Hall–Kier alpha value is -0.570. The number of amides is 1. The summed E-state index contributed by atoms with van der Waals surface area (Å²) in [7, 11) is 0. The van der Waals surface area contributed by atoms with Gasteiger partial charge in [0.25, 0.3) is 0 Å². The van der Waals surface area contributed by atoms with Crippen LogP contribution in [0.2, 0.25) is 0 Å². The van der Waals surface area contributed by atoms with Gasteiger partial charge in [0.2, 0.25) is 5.91 Å². The summed E-state index contributed by atoms with van der Waals surface area (Å²) in [5.74, 6) is 1.98. The highest BCUT2D eigenvalue weighted by Gasteiger charge is 2.20. The molecule has 18 heavy (non-hydrogen) atoms. The van der Waals surface area contributed by atoms with Gasteiger partial charge < -0.3 is 10.2 Å². The van der Waals surface area contributed by atoms with Gasteiger partial charge in [0, 0.05) is 13.1 Å². The number of carbonyl (C=O) groups excluding carboxylic acids is 1. The van der Waals surface area contributed by atoms with Crippen molar-refractivity contribution in [1.82, 2.24) is 10.2 Å². The second-order valence-electron chi connectivity index (χ2n) is 6.21. The smallest absolute Gasteiger partial charge is 0.236 e. The van der Waals surface area contributed by atoms with Gasteiger partial charge in [0.1, 0.15) is 0 Å². The summed E-state index contributed by atoms with van der Waals surface area (Å²) < 4.78 is 0. The first-order valence-electron chi connectivity index (χ1n) is 7.74. The lowest BCUT2D eigenvalue weighted by molar-refractivity contribution is -0.131. The summed E-state index contributed by atoms with van der Waals surface area (Å²) in [6, 6.07) is 0. The van der Waals surface area contributed by atoms with Gasteiger partial charge in [-0.2, -0.15) is 0 Å². The molecule has 0 aromatic carbocycles. The molecule has 1 aliphatic heterocycles. The van der Waals surface area contributed by atoms with Crippen molar-refractivity contribution in [2.24, 2.45) is 11.8 Å². The van der Waals surface area contributed by atoms with Gasteiger partial charge >= 0.3 is 0 Å². The fraction of sp³-hybridized carbons (Fsp3) is 0.933. The predicted octanol–water partition coefficient (Wildman–Crippen LogP) is 2.41.